The Labute approximate surface area is 99.8 Å². The van der Waals surface area contributed by atoms with Gasteiger partial charge in [0.25, 0.3) is 0 Å². The fourth-order valence-corrected chi connectivity index (χ4v) is 1.75. The van der Waals surface area contributed by atoms with Crippen LogP contribution in [0, 0.1) is 6.92 Å². The second-order valence-corrected chi connectivity index (χ2v) is 3.98. The molecule has 0 fully saturated rings. The molecule has 0 saturated carbocycles. The Bertz CT molecular complexity index is 562. The van der Waals surface area contributed by atoms with E-state index in [1.807, 2.05) is 18.2 Å². The standard InChI is InChI=1S/C14H13NO2/c1-9-6-13(11-4-3-5-15-8-11)12(10(2)16)7-14(9)17/h3-8,17H,1-2H3. The number of ketones is 1. The van der Waals surface area contributed by atoms with E-state index in [2.05, 4.69) is 4.98 Å². The van der Waals surface area contributed by atoms with Crippen LogP contribution in [0.5, 0.6) is 5.75 Å². The van der Waals surface area contributed by atoms with Crippen LogP contribution in [0.4, 0.5) is 0 Å². The summed E-state index contributed by atoms with van der Waals surface area (Å²) in [5.41, 5.74) is 2.94. The number of nitrogens with zero attached hydrogens (tertiary/aromatic N) is 1. The molecule has 0 amide bonds. The highest BCUT2D eigenvalue weighted by Gasteiger charge is 2.12. The molecule has 0 saturated heterocycles. The van der Waals surface area contributed by atoms with Gasteiger partial charge < -0.3 is 5.11 Å². The summed E-state index contributed by atoms with van der Waals surface area (Å²) < 4.78 is 0. The highest BCUT2D eigenvalue weighted by Crippen LogP contribution is 2.29. The first-order chi connectivity index (χ1) is 8.09. The summed E-state index contributed by atoms with van der Waals surface area (Å²) in [6.07, 6.45) is 3.39. The molecule has 3 nitrogen and oxygen atoms in total. The summed E-state index contributed by atoms with van der Waals surface area (Å²) in [5, 5.41) is 9.65. The van der Waals surface area contributed by atoms with Gasteiger partial charge in [-0.15, -0.1) is 0 Å². The third-order valence-electron chi connectivity index (χ3n) is 2.69. The molecule has 1 aromatic heterocycles. The number of carbonyl (C=O) groups excluding carboxylic acids is 1. The van der Waals surface area contributed by atoms with Crippen LogP contribution in [-0.2, 0) is 0 Å². The van der Waals surface area contributed by atoms with Gasteiger partial charge in [-0.3, -0.25) is 9.78 Å². The van der Waals surface area contributed by atoms with E-state index >= 15 is 0 Å². The van der Waals surface area contributed by atoms with Crippen molar-refractivity contribution in [1.82, 2.24) is 4.98 Å². The second kappa shape index (κ2) is 4.37. The zero-order valence-electron chi connectivity index (χ0n) is 9.77. The van der Waals surface area contributed by atoms with E-state index in [9.17, 15) is 9.90 Å². The van der Waals surface area contributed by atoms with Crippen LogP contribution in [0.1, 0.15) is 22.8 Å². The molecule has 0 aliphatic heterocycles. The lowest BCUT2D eigenvalue weighted by molar-refractivity contribution is 0.101. The number of Topliss-reactive ketones (excluding diaryl/α,β-unsaturated/α-hetero) is 1. The van der Waals surface area contributed by atoms with E-state index in [-0.39, 0.29) is 11.5 Å². The van der Waals surface area contributed by atoms with Crippen LogP contribution in [0.25, 0.3) is 11.1 Å². The summed E-state index contributed by atoms with van der Waals surface area (Å²) in [5.74, 6) is 0.0713. The topological polar surface area (TPSA) is 50.2 Å². The van der Waals surface area contributed by atoms with Crippen LogP contribution in [0.15, 0.2) is 36.7 Å². The van der Waals surface area contributed by atoms with E-state index in [4.69, 9.17) is 0 Å². The Morgan fingerprint density at radius 3 is 2.71 bits per heavy atom. The highest BCUT2D eigenvalue weighted by molar-refractivity contribution is 6.01. The number of phenols is 1. The van der Waals surface area contributed by atoms with Crippen molar-refractivity contribution in [2.45, 2.75) is 13.8 Å². The van der Waals surface area contributed by atoms with Crippen LogP contribution in [0.2, 0.25) is 0 Å². The zero-order valence-corrected chi connectivity index (χ0v) is 9.77. The van der Waals surface area contributed by atoms with Crippen molar-refractivity contribution in [3.05, 3.63) is 47.8 Å². The Morgan fingerprint density at radius 1 is 1.35 bits per heavy atom. The van der Waals surface area contributed by atoms with Crippen LogP contribution in [0.3, 0.4) is 0 Å². The van der Waals surface area contributed by atoms with E-state index < -0.39 is 0 Å². The number of aryl methyl sites for hydroxylation is 1. The predicted molar refractivity (Wildman–Crippen MR) is 66.1 cm³/mol. The summed E-state index contributed by atoms with van der Waals surface area (Å²) in [6.45, 7) is 3.29. The number of aromatic hydroxyl groups is 1. The molecule has 0 aliphatic carbocycles. The minimum atomic E-state index is -0.0702. The smallest absolute Gasteiger partial charge is 0.160 e. The first-order valence-corrected chi connectivity index (χ1v) is 5.34. The van der Waals surface area contributed by atoms with Crippen LogP contribution >= 0.6 is 0 Å². The number of benzene rings is 1. The molecule has 3 heteroatoms. The summed E-state index contributed by atoms with van der Waals surface area (Å²) >= 11 is 0. The van der Waals surface area contributed by atoms with Gasteiger partial charge in [-0.05, 0) is 43.2 Å². The molecule has 1 heterocycles. The molecule has 1 aromatic carbocycles. The average molecular weight is 227 g/mol. The Hall–Kier alpha value is -2.16. The quantitative estimate of drug-likeness (QED) is 0.802. The first kappa shape index (κ1) is 11.3. The van der Waals surface area contributed by atoms with Crippen molar-refractivity contribution >= 4 is 5.78 Å². The van der Waals surface area contributed by atoms with Gasteiger partial charge in [0.15, 0.2) is 5.78 Å². The van der Waals surface area contributed by atoms with Crippen molar-refractivity contribution in [1.29, 1.82) is 0 Å². The number of phenolic OH excluding ortho intramolecular Hbond substituents is 1. The normalized spacial score (nSPS) is 10.2. The van der Waals surface area contributed by atoms with Gasteiger partial charge in [0, 0.05) is 23.5 Å². The van der Waals surface area contributed by atoms with Gasteiger partial charge in [0.1, 0.15) is 5.75 Å². The Balaban J connectivity index is 2.68. The maximum Gasteiger partial charge on any atom is 0.160 e. The van der Waals surface area contributed by atoms with E-state index in [0.717, 1.165) is 16.7 Å². The molecule has 17 heavy (non-hydrogen) atoms. The molecule has 0 spiro atoms. The van der Waals surface area contributed by atoms with E-state index in [0.29, 0.717) is 5.56 Å². The summed E-state index contributed by atoms with van der Waals surface area (Å²) in [7, 11) is 0. The zero-order chi connectivity index (χ0) is 12.4. The lowest BCUT2D eigenvalue weighted by Gasteiger charge is -2.09. The van der Waals surface area contributed by atoms with Crippen LogP contribution in [-0.4, -0.2) is 15.9 Å². The molecule has 0 aliphatic rings. The molecule has 2 aromatic rings. The van der Waals surface area contributed by atoms with Gasteiger partial charge >= 0.3 is 0 Å². The molecule has 0 atom stereocenters. The Kier molecular flexibility index (Phi) is 2.91. The molecule has 0 unspecified atom stereocenters. The van der Waals surface area contributed by atoms with Gasteiger partial charge in [0.2, 0.25) is 0 Å². The number of hydrogen-bond acceptors (Lipinski definition) is 3. The fourth-order valence-electron chi connectivity index (χ4n) is 1.75. The summed E-state index contributed by atoms with van der Waals surface area (Å²) in [4.78, 5) is 15.6. The Morgan fingerprint density at radius 2 is 2.12 bits per heavy atom. The third kappa shape index (κ3) is 2.18. The number of carbonyl (C=O) groups is 1. The van der Waals surface area contributed by atoms with Gasteiger partial charge in [-0.1, -0.05) is 6.07 Å². The fraction of sp³-hybridized carbons (Fsp3) is 0.143. The molecule has 1 N–H and O–H groups in total. The SMILES string of the molecule is CC(=O)c1cc(O)c(C)cc1-c1cccnc1. The van der Waals surface area contributed by atoms with Gasteiger partial charge in [-0.2, -0.15) is 0 Å². The van der Waals surface area contributed by atoms with Gasteiger partial charge in [-0.25, -0.2) is 0 Å². The van der Waals surface area contributed by atoms with E-state index in [1.165, 1.54) is 13.0 Å². The molecule has 0 bridgehead atoms. The number of hydrogen-bond donors (Lipinski definition) is 1. The lowest BCUT2D eigenvalue weighted by atomic mass is 9.96. The van der Waals surface area contributed by atoms with Gasteiger partial charge in [0.05, 0.1) is 0 Å². The monoisotopic (exact) mass is 227 g/mol. The van der Waals surface area contributed by atoms with Crippen molar-refractivity contribution in [3.8, 4) is 16.9 Å². The van der Waals surface area contributed by atoms with Crippen LogP contribution < -0.4 is 0 Å². The molecule has 2 rings (SSSR count). The number of pyridine rings is 1. The maximum atomic E-state index is 11.6. The number of rotatable bonds is 2. The highest BCUT2D eigenvalue weighted by atomic mass is 16.3. The molecular weight excluding hydrogens is 214 g/mol. The average Bonchev–Trinajstić information content (AvgIpc) is 2.33. The largest absolute Gasteiger partial charge is 0.508 e. The summed E-state index contributed by atoms with van der Waals surface area (Å²) in [6, 6.07) is 7.04. The molecule has 86 valence electrons. The first-order valence-electron chi connectivity index (χ1n) is 5.34. The molecule has 0 radical (unpaired) electrons. The van der Waals surface area contributed by atoms with E-state index in [1.54, 1.807) is 19.3 Å². The molecular formula is C14H13NO2. The minimum Gasteiger partial charge on any atom is -0.508 e. The maximum absolute atomic E-state index is 11.6. The predicted octanol–water partition coefficient (Wildman–Crippen LogP) is 2.97. The minimum absolute atomic E-state index is 0.0702. The lowest BCUT2D eigenvalue weighted by Crippen LogP contribution is -1.97. The van der Waals surface area contributed by atoms with Crippen molar-refractivity contribution in [2.24, 2.45) is 0 Å². The van der Waals surface area contributed by atoms with Crippen molar-refractivity contribution < 1.29 is 9.90 Å². The number of aromatic nitrogens is 1. The van der Waals surface area contributed by atoms with Crippen molar-refractivity contribution in [2.75, 3.05) is 0 Å². The second-order valence-electron chi connectivity index (χ2n) is 3.98. The third-order valence-corrected chi connectivity index (χ3v) is 2.69. The van der Waals surface area contributed by atoms with Crippen molar-refractivity contribution in [3.63, 3.8) is 0 Å².